The molecule has 0 N–H and O–H groups in total. The Balaban J connectivity index is 2.74. The van der Waals surface area contributed by atoms with Gasteiger partial charge in [-0.05, 0) is 0 Å². The van der Waals surface area contributed by atoms with Gasteiger partial charge in [-0.2, -0.15) is 0 Å². The van der Waals surface area contributed by atoms with Crippen LogP contribution in [0.2, 0.25) is 8.94 Å². The minimum atomic E-state index is 0.315. The van der Waals surface area contributed by atoms with Crippen LogP contribution < -0.4 is 0 Å². The summed E-state index contributed by atoms with van der Waals surface area (Å²) in [5, 5.41) is 0. The molecule has 0 aromatic rings. The maximum atomic E-state index is 3.68. The van der Waals surface area contributed by atoms with Crippen LogP contribution in [0.15, 0.2) is 25.3 Å². The normalized spacial score (nSPS) is 8.89. The first kappa shape index (κ1) is 9.27. The minimum absolute atomic E-state index is 0.315. The molecule has 0 aliphatic carbocycles. The van der Waals surface area contributed by atoms with Crippen molar-refractivity contribution < 1.29 is 0 Å². The van der Waals surface area contributed by atoms with Gasteiger partial charge < -0.3 is 0 Å². The van der Waals surface area contributed by atoms with Crippen molar-refractivity contribution in [3.8, 4) is 0 Å². The monoisotopic (exact) mass is 240 g/mol. The van der Waals surface area contributed by atoms with E-state index in [1.165, 1.54) is 21.8 Å². The predicted octanol–water partition coefficient (Wildman–Crippen LogP) is 2.68. The SMILES string of the molecule is C=CCC[Te]CCC=C. The molecule has 0 rings (SSSR count). The van der Waals surface area contributed by atoms with Gasteiger partial charge in [0.1, 0.15) is 0 Å². The summed E-state index contributed by atoms with van der Waals surface area (Å²) in [5.74, 6) is 0. The van der Waals surface area contributed by atoms with Gasteiger partial charge in [0.25, 0.3) is 0 Å². The Labute approximate surface area is 68.1 Å². The van der Waals surface area contributed by atoms with Crippen LogP contribution in [0.25, 0.3) is 0 Å². The Kier molecular flexibility index (Phi) is 8.52. The van der Waals surface area contributed by atoms with Crippen molar-refractivity contribution in [1.82, 2.24) is 0 Å². The second-order valence-corrected chi connectivity index (χ2v) is 5.26. The molecule has 0 atom stereocenters. The van der Waals surface area contributed by atoms with Crippen molar-refractivity contribution in [3.05, 3.63) is 25.3 Å². The van der Waals surface area contributed by atoms with Crippen LogP contribution in [-0.4, -0.2) is 20.9 Å². The van der Waals surface area contributed by atoms with Crippen molar-refractivity contribution in [1.29, 1.82) is 0 Å². The zero-order valence-corrected chi connectivity index (χ0v) is 8.14. The molecular weight excluding hydrogens is 224 g/mol. The van der Waals surface area contributed by atoms with Gasteiger partial charge in [0.15, 0.2) is 0 Å². The summed E-state index contributed by atoms with van der Waals surface area (Å²) in [4.78, 5) is 0. The van der Waals surface area contributed by atoms with Crippen LogP contribution in [0.5, 0.6) is 0 Å². The standard InChI is InChI=1S/C8H14Te/c1-3-5-7-9-8-6-4-2/h3-4H,1-2,5-8H2. The predicted molar refractivity (Wildman–Crippen MR) is 45.0 cm³/mol. The molecule has 0 nitrogen and oxygen atoms in total. The van der Waals surface area contributed by atoms with E-state index in [2.05, 4.69) is 13.2 Å². The third-order valence-corrected chi connectivity index (χ3v) is 3.93. The van der Waals surface area contributed by atoms with E-state index < -0.39 is 0 Å². The van der Waals surface area contributed by atoms with E-state index in [0.717, 1.165) is 0 Å². The van der Waals surface area contributed by atoms with Crippen molar-refractivity contribution in [2.45, 2.75) is 21.8 Å². The number of allylic oxidation sites excluding steroid dienone is 2. The molecule has 0 spiro atoms. The van der Waals surface area contributed by atoms with Gasteiger partial charge >= 0.3 is 68.0 Å². The van der Waals surface area contributed by atoms with Gasteiger partial charge in [-0.3, -0.25) is 0 Å². The summed E-state index contributed by atoms with van der Waals surface area (Å²) in [7, 11) is 0. The van der Waals surface area contributed by atoms with Crippen molar-refractivity contribution in [2.75, 3.05) is 0 Å². The molecule has 0 aromatic carbocycles. The first-order valence-electron chi connectivity index (χ1n) is 3.21. The topological polar surface area (TPSA) is 0 Å². The molecule has 9 heavy (non-hydrogen) atoms. The van der Waals surface area contributed by atoms with Crippen molar-refractivity contribution in [2.24, 2.45) is 0 Å². The first-order valence-corrected chi connectivity index (χ1v) is 6.51. The molecular formula is C8H14Te. The molecule has 0 bridgehead atoms. The third-order valence-electron chi connectivity index (χ3n) is 0.933. The average Bonchev–Trinajstić information content (AvgIpc) is 1.89. The number of hydrogen-bond donors (Lipinski definition) is 0. The quantitative estimate of drug-likeness (QED) is 0.379. The van der Waals surface area contributed by atoms with Crippen molar-refractivity contribution >= 4 is 20.9 Å². The second-order valence-electron chi connectivity index (χ2n) is 1.77. The Morgan fingerprint density at radius 3 is 1.78 bits per heavy atom. The van der Waals surface area contributed by atoms with Gasteiger partial charge in [0.05, 0.1) is 0 Å². The molecule has 0 aliphatic rings. The first-order chi connectivity index (χ1) is 4.41. The molecule has 0 saturated heterocycles. The van der Waals surface area contributed by atoms with E-state index in [1.807, 2.05) is 12.2 Å². The van der Waals surface area contributed by atoms with Gasteiger partial charge in [0, 0.05) is 0 Å². The van der Waals surface area contributed by atoms with Gasteiger partial charge in [0.2, 0.25) is 0 Å². The molecule has 0 aliphatic heterocycles. The fourth-order valence-corrected chi connectivity index (χ4v) is 2.92. The summed E-state index contributed by atoms with van der Waals surface area (Å²) in [5.41, 5.74) is 0. The summed E-state index contributed by atoms with van der Waals surface area (Å²) in [6.07, 6.45) is 6.47. The van der Waals surface area contributed by atoms with Crippen LogP contribution in [0.1, 0.15) is 12.8 Å². The number of hydrogen-bond acceptors (Lipinski definition) is 0. The molecule has 0 aromatic heterocycles. The van der Waals surface area contributed by atoms with Crippen molar-refractivity contribution in [3.63, 3.8) is 0 Å². The maximum absolute atomic E-state index is 3.68. The summed E-state index contributed by atoms with van der Waals surface area (Å²) in [6, 6.07) is 0. The van der Waals surface area contributed by atoms with Crippen LogP contribution in [0, 0.1) is 0 Å². The molecule has 0 saturated carbocycles. The third kappa shape index (κ3) is 8.27. The molecule has 0 amide bonds. The van der Waals surface area contributed by atoms with Gasteiger partial charge in [-0.15, -0.1) is 0 Å². The average molecular weight is 238 g/mol. The van der Waals surface area contributed by atoms with Gasteiger partial charge in [-0.1, -0.05) is 0 Å². The summed E-state index contributed by atoms with van der Waals surface area (Å²) in [6.45, 7) is 7.36. The summed E-state index contributed by atoms with van der Waals surface area (Å²) >= 11 is 0.315. The Morgan fingerprint density at radius 1 is 1.00 bits per heavy atom. The fraction of sp³-hybridized carbons (Fsp3) is 0.500. The van der Waals surface area contributed by atoms with E-state index in [0.29, 0.717) is 20.9 Å². The Hall–Kier alpha value is 0.270. The molecule has 0 unspecified atom stereocenters. The van der Waals surface area contributed by atoms with Crippen LogP contribution in [0.3, 0.4) is 0 Å². The number of rotatable bonds is 6. The fourth-order valence-electron chi connectivity index (χ4n) is 0.435. The zero-order valence-electron chi connectivity index (χ0n) is 5.81. The van der Waals surface area contributed by atoms with Crippen LogP contribution >= 0.6 is 0 Å². The zero-order chi connectivity index (χ0) is 6.95. The molecule has 0 fully saturated rings. The molecule has 0 radical (unpaired) electrons. The molecule has 52 valence electrons. The van der Waals surface area contributed by atoms with E-state index in [1.54, 1.807) is 0 Å². The van der Waals surface area contributed by atoms with E-state index >= 15 is 0 Å². The summed E-state index contributed by atoms with van der Waals surface area (Å²) < 4.78 is 2.84. The van der Waals surface area contributed by atoms with E-state index in [9.17, 15) is 0 Å². The van der Waals surface area contributed by atoms with E-state index in [4.69, 9.17) is 0 Å². The van der Waals surface area contributed by atoms with Crippen LogP contribution in [0.4, 0.5) is 0 Å². The second kappa shape index (κ2) is 8.27. The molecule has 1 heteroatoms. The Morgan fingerprint density at radius 2 is 1.44 bits per heavy atom. The molecule has 0 heterocycles. The van der Waals surface area contributed by atoms with Crippen LogP contribution in [-0.2, 0) is 0 Å². The van der Waals surface area contributed by atoms with Gasteiger partial charge in [-0.25, -0.2) is 0 Å². The Bertz CT molecular complexity index is 66.6. The van der Waals surface area contributed by atoms with E-state index in [-0.39, 0.29) is 0 Å².